The van der Waals surface area contributed by atoms with E-state index < -0.39 is 0 Å². The number of amides is 1. The first-order valence-corrected chi connectivity index (χ1v) is 9.37. The van der Waals surface area contributed by atoms with Crippen LogP contribution >= 0.6 is 0 Å². The molecular formula is C20H24N4O3. The summed E-state index contributed by atoms with van der Waals surface area (Å²) in [5.41, 5.74) is 2.74. The number of rotatable bonds is 4. The van der Waals surface area contributed by atoms with Gasteiger partial charge in [0, 0.05) is 26.7 Å². The number of ether oxygens (including phenoxy) is 1. The highest BCUT2D eigenvalue weighted by Crippen LogP contribution is 2.29. The van der Waals surface area contributed by atoms with Gasteiger partial charge >= 0.3 is 0 Å². The molecule has 1 saturated heterocycles. The summed E-state index contributed by atoms with van der Waals surface area (Å²) in [5.74, 6) is 0.631. The topological polar surface area (TPSA) is 73.4 Å². The Bertz CT molecular complexity index is 959. The number of piperidine rings is 1. The fourth-order valence-electron chi connectivity index (χ4n) is 3.83. The Kier molecular flexibility index (Phi) is 4.70. The van der Waals surface area contributed by atoms with E-state index in [-0.39, 0.29) is 12.0 Å². The van der Waals surface area contributed by atoms with E-state index in [1.165, 1.54) is 0 Å². The average molecular weight is 368 g/mol. The van der Waals surface area contributed by atoms with Crippen molar-refractivity contribution in [2.75, 3.05) is 19.7 Å². The Morgan fingerprint density at radius 2 is 2.30 bits per heavy atom. The maximum atomic E-state index is 13.4. The van der Waals surface area contributed by atoms with Gasteiger partial charge in [-0.05, 0) is 44.9 Å². The molecule has 0 N–H and O–H groups in total. The van der Waals surface area contributed by atoms with E-state index in [2.05, 4.69) is 10.1 Å². The van der Waals surface area contributed by atoms with Crippen LogP contribution in [0.4, 0.5) is 0 Å². The summed E-state index contributed by atoms with van der Waals surface area (Å²) in [5, 5.41) is 5.28. The number of fused-ring (bicyclic) bond motifs is 1. The van der Waals surface area contributed by atoms with Gasteiger partial charge in [-0.3, -0.25) is 9.48 Å². The van der Waals surface area contributed by atoms with Crippen molar-refractivity contribution in [3.05, 3.63) is 35.7 Å². The van der Waals surface area contributed by atoms with Gasteiger partial charge in [-0.25, -0.2) is 4.98 Å². The van der Waals surface area contributed by atoms with E-state index in [9.17, 15) is 4.79 Å². The molecule has 1 aliphatic rings. The fraction of sp³-hybridized carbons (Fsp3) is 0.450. The largest absolute Gasteiger partial charge is 0.463 e. The molecule has 27 heavy (non-hydrogen) atoms. The van der Waals surface area contributed by atoms with Crippen molar-refractivity contribution in [3.8, 4) is 11.5 Å². The summed E-state index contributed by atoms with van der Waals surface area (Å²) in [6.07, 6.45) is 3.65. The van der Waals surface area contributed by atoms with Crippen molar-refractivity contribution in [1.29, 1.82) is 0 Å². The first-order valence-electron chi connectivity index (χ1n) is 9.37. The van der Waals surface area contributed by atoms with Crippen LogP contribution in [0.15, 0.2) is 28.9 Å². The van der Waals surface area contributed by atoms with Crippen LogP contribution in [0.5, 0.6) is 0 Å². The molecule has 1 aliphatic heterocycles. The van der Waals surface area contributed by atoms with Crippen molar-refractivity contribution in [2.45, 2.75) is 32.8 Å². The summed E-state index contributed by atoms with van der Waals surface area (Å²) in [7, 11) is 1.84. The molecule has 0 aliphatic carbocycles. The Labute approximate surface area is 157 Å². The van der Waals surface area contributed by atoms with Crippen molar-refractivity contribution in [2.24, 2.45) is 7.05 Å². The molecule has 4 heterocycles. The molecule has 0 bridgehead atoms. The molecule has 1 amide bonds. The molecule has 1 unspecified atom stereocenters. The lowest BCUT2D eigenvalue weighted by Crippen LogP contribution is -2.43. The molecular weight excluding hydrogens is 344 g/mol. The molecule has 0 aromatic carbocycles. The summed E-state index contributed by atoms with van der Waals surface area (Å²) in [4.78, 5) is 20.0. The van der Waals surface area contributed by atoms with Gasteiger partial charge in [-0.2, -0.15) is 5.10 Å². The molecule has 0 spiro atoms. The molecule has 1 atom stereocenters. The first kappa shape index (κ1) is 17.7. The number of carbonyl (C=O) groups excluding carboxylic acids is 1. The zero-order chi connectivity index (χ0) is 19.0. The number of likely N-dealkylation sites (tertiary alicyclic amines) is 1. The number of hydrogen-bond donors (Lipinski definition) is 0. The Morgan fingerprint density at radius 3 is 3.04 bits per heavy atom. The van der Waals surface area contributed by atoms with E-state index in [0.29, 0.717) is 35.8 Å². The number of furan rings is 1. The van der Waals surface area contributed by atoms with Crippen LogP contribution < -0.4 is 0 Å². The van der Waals surface area contributed by atoms with Crippen molar-refractivity contribution in [3.63, 3.8) is 0 Å². The summed E-state index contributed by atoms with van der Waals surface area (Å²) < 4.78 is 13.0. The highest BCUT2D eigenvalue weighted by Gasteiger charge is 2.28. The van der Waals surface area contributed by atoms with Crippen LogP contribution in [0.1, 0.15) is 35.8 Å². The monoisotopic (exact) mass is 368 g/mol. The van der Waals surface area contributed by atoms with Gasteiger partial charge in [0.05, 0.1) is 29.0 Å². The molecule has 7 heteroatoms. The van der Waals surface area contributed by atoms with Crippen LogP contribution in [0.25, 0.3) is 22.5 Å². The van der Waals surface area contributed by atoms with Gasteiger partial charge in [0.15, 0.2) is 11.4 Å². The van der Waals surface area contributed by atoms with Crippen LogP contribution in [0.3, 0.4) is 0 Å². The third-order valence-electron chi connectivity index (χ3n) is 5.04. The minimum atomic E-state index is -0.00397. The SMILES string of the molecule is CCOC1CCCN(C(=O)c2cc(-c3ccco3)nc3c2c(C)nn3C)C1. The Balaban J connectivity index is 1.78. The second-order valence-corrected chi connectivity index (χ2v) is 6.91. The molecule has 0 saturated carbocycles. The number of nitrogens with zero attached hydrogens (tertiary/aromatic N) is 4. The predicted octanol–water partition coefficient (Wildman–Crippen LogP) is 3.18. The Morgan fingerprint density at radius 1 is 1.44 bits per heavy atom. The van der Waals surface area contributed by atoms with Gasteiger partial charge in [-0.1, -0.05) is 0 Å². The third-order valence-corrected chi connectivity index (χ3v) is 5.04. The smallest absolute Gasteiger partial charge is 0.254 e. The van der Waals surface area contributed by atoms with Gasteiger partial charge < -0.3 is 14.1 Å². The minimum Gasteiger partial charge on any atom is -0.463 e. The van der Waals surface area contributed by atoms with Gasteiger partial charge in [0.2, 0.25) is 0 Å². The lowest BCUT2D eigenvalue weighted by atomic mass is 10.0. The molecule has 0 radical (unpaired) electrons. The first-order chi connectivity index (χ1) is 13.1. The number of hydrogen-bond acceptors (Lipinski definition) is 5. The van der Waals surface area contributed by atoms with Crippen LogP contribution in [0.2, 0.25) is 0 Å². The predicted molar refractivity (Wildman–Crippen MR) is 101 cm³/mol. The third kappa shape index (κ3) is 3.23. The average Bonchev–Trinajstić information content (AvgIpc) is 3.30. The van der Waals surface area contributed by atoms with Crippen molar-refractivity contribution >= 4 is 16.9 Å². The van der Waals surface area contributed by atoms with Crippen molar-refractivity contribution in [1.82, 2.24) is 19.7 Å². The highest BCUT2D eigenvalue weighted by atomic mass is 16.5. The number of pyridine rings is 1. The van der Waals surface area contributed by atoms with E-state index >= 15 is 0 Å². The summed E-state index contributed by atoms with van der Waals surface area (Å²) in [6, 6.07) is 5.48. The zero-order valence-corrected chi connectivity index (χ0v) is 15.9. The molecule has 142 valence electrons. The lowest BCUT2D eigenvalue weighted by Gasteiger charge is -2.32. The van der Waals surface area contributed by atoms with E-state index in [1.54, 1.807) is 10.9 Å². The standard InChI is InChI=1S/C20H24N4O3/c1-4-26-14-7-5-9-24(12-14)20(25)15-11-16(17-8-6-10-27-17)21-19-18(15)13(2)22-23(19)3/h6,8,10-11,14H,4-5,7,9,12H2,1-3H3. The molecule has 3 aromatic heterocycles. The highest BCUT2D eigenvalue weighted by molar-refractivity contribution is 6.07. The maximum absolute atomic E-state index is 13.4. The Hall–Kier alpha value is -2.67. The molecule has 1 fully saturated rings. The van der Waals surface area contributed by atoms with E-state index in [0.717, 1.165) is 30.5 Å². The molecule has 3 aromatic rings. The zero-order valence-electron chi connectivity index (χ0n) is 15.9. The van der Waals surface area contributed by atoms with E-state index in [4.69, 9.17) is 9.15 Å². The van der Waals surface area contributed by atoms with Gasteiger partial charge in [-0.15, -0.1) is 0 Å². The van der Waals surface area contributed by atoms with Crippen LogP contribution in [-0.2, 0) is 11.8 Å². The van der Waals surface area contributed by atoms with Crippen molar-refractivity contribution < 1.29 is 13.9 Å². The summed E-state index contributed by atoms with van der Waals surface area (Å²) >= 11 is 0. The quantitative estimate of drug-likeness (QED) is 0.707. The normalized spacial score (nSPS) is 17.6. The number of aryl methyl sites for hydroxylation is 2. The minimum absolute atomic E-state index is 0.00397. The second-order valence-electron chi connectivity index (χ2n) is 6.91. The lowest BCUT2D eigenvalue weighted by molar-refractivity contribution is 0.00731. The van der Waals surface area contributed by atoms with E-state index in [1.807, 2.05) is 44.0 Å². The molecule has 4 rings (SSSR count). The van der Waals surface area contributed by atoms with Gasteiger partial charge in [0.25, 0.3) is 5.91 Å². The van der Waals surface area contributed by atoms with Crippen LogP contribution in [-0.4, -0.2) is 51.4 Å². The molecule has 7 nitrogen and oxygen atoms in total. The van der Waals surface area contributed by atoms with Gasteiger partial charge in [0.1, 0.15) is 5.69 Å². The summed E-state index contributed by atoms with van der Waals surface area (Å²) in [6.45, 7) is 5.92. The number of carbonyl (C=O) groups is 1. The maximum Gasteiger partial charge on any atom is 0.254 e. The second kappa shape index (κ2) is 7.15. The van der Waals surface area contributed by atoms with Crippen LogP contribution in [0, 0.1) is 6.92 Å². The number of aromatic nitrogens is 3. The fourth-order valence-corrected chi connectivity index (χ4v) is 3.83.